The number of rotatable bonds is 19. The van der Waals surface area contributed by atoms with Gasteiger partial charge in [-0.05, 0) is 101 Å². The zero-order chi connectivity index (χ0) is 60.2. The molecule has 7 atom stereocenters. The number of ether oxygens (including phenoxy) is 4. The molecule has 4 aliphatic heterocycles. The van der Waals surface area contributed by atoms with Crippen molar-refractivity contribution in [1.82, 2.24) is 46.0 Å². The summed E-state index contributed by atoms with van der Waals surface area (Å²) in [6.45, 7) is 4.32. The molecule has 8 rings (SSSR count). The van der Waals surface area contributed by atoms with E-state index in [0.717, 1.165) is 71.3 Å². The molecule has 4 fully saturated rings. The molecule has 4 aromatic rings. The Morgan fingerprint density at radius 2 is 1.42 bits per heavy atom. The summed E-state index contributed by atoms with van der Waals surface area (Å²) in [6.07, 6.45) is -12.4. The van der Waals surface area contributed by atoms with Gasteiger partial charge in [0.05, 0.1) is 62.3 Å². The smallest absolute Gasteiger partial charge is 0.407 e. The van der Waals surface area contributed by atoms with E-state index in [0.29, 0.717) is 87.2 Å². The first-order valence-electron chi connectivity index (χ1n) is 26.9. The topological polar surface area (TPSA) is 214 Å². The number of piperazine rings is 1. The Hall–Kier alpha value is -7.12. The fraction of sp³-hybridized carbons (Fsp3) is 0.536. The number of anilines is 1. The van der Waals surface area contributed by atoms with Crippen molar-refractivity contribution in [1.29, 1.82) is 0 Å². The molecule has 0 radical (unpaired) electrons. The van der Waals surface area contributed by atoms with Crippen LogP contribution in [0.4, 0.5) is 50.5 Å². The van der Waals surface area contributed by atoms with Crippen molar-refractivity contribution >= 4 is 29.8 Å². The molecule has 0 aliphatic carbocycles. The van der Waals surface area contributed by atoms with Gasteiger partial charge in [0.15, 0.2) is 6.10 Å². The number of benzene rings is 2. The van der Waals surface area contributed by atoms with E-state index in [2.05, 4.69) is 42.2 Å². The lowest BCUT2D eigenvalue weighted by molar-refractivity contribution is -0.239. The summed E-state index contributed by atoms with van der Waals surface area (Å²) in [4.78, 5) is 62.7. The molecule has 0 spiro atoms. The summed E-state index contributed by atoms with van der Waals surface area (Å²) in [5.41, 5.74) is -3.32. The summed E-state index contributed by atoms with van der Waals surface area (Å²) in [6, 6.07) is 10.4. The van der Waals surface area contributed by atoms with Gasteiger partial charge in [-0.25, -0.2) is 28.4 Å². The van der Waals surface area contributed by atoms with Crippen molar-refractivity contribution in [3.8, 4) is 23.1 Å². The number of halogens is 8. The molecule has 2 aromatic heterocycles. The van der Waals surface area contributed by atoms with Gasteiger partial charge >= 0.3 is 24.5 Å². The second kappa shape index (κ2) is 25.4. The number of alkyl carbamates (subject to hydrolysis) is 2. The molecule has 83 heavy (non-hydrogen) atoms. The van der Waals surface area contributed by atoms with Gasteiger partial charge in [0.25, 0.3) is 5.91 Å². The highest BCUT2D eigenvalue weighted by Gasteiger charge is 2.58. The summed E-state index contributed by atoms with van der Waals surface area (Å²) in [5, 5.41) is 23.4. The summed E-state index contributed by atoms with van der Waals surface area (Å²) in [5.74, 6) is 1.26. The molecule has 6 heterocycles. The van der Waals surface area contributed by atoms with Crippen LogP contribution in [0, 0.1) is 34.3 Å². The number of aliphatic hydroxyl groups is 1. The van der Waals surface area contributed by atoms with Crippen LogP contribution in [0.15, 0.2) is 67.0 Å². The summed E-state index contributed by atoms with van der Waals surface area (Å²) < 4.78 is 142. The van der Waals surface area contributed by atoms with Gasteiger partial charge in [0.2, 0.25) is 5.91 Å². The van der Waals surface area contributed by atoms with Gasteiger partial charge < -0.3 is 44.9 Å². The number of pyridine rings is 1. The molecule has 0 unspecified atom stereocenters. The molecule has 4 saturated heterocycles. The van der Waals surface area contributed by atoms with E-state index < -0.39 is 108 Å². The lowest BCUT2D eigenvalue weighted by Gasteiger charge is -2.47. The average molecular weight is 1180 g/mol. The Morgan fingerprint density at radius 1 is 0.795 bits per heavy atom. The Kier molecular flexibility index (Phi) is 18.9. The van der Waals surface area contributed by atoms with Crippen LogP contribution in [0.25, 0.3) is 11.3 Å². The van der Waals surface area contributed by atoms with E-state index in [9.17, 15) is 50.6 Å². The second-order valence-electron chi connectivity index (χ2n) is 22.2. The van der Waals surface area contributed by atoms with E-state index in [-0.39, 0.29) is 17.3 Å². The zero-order valence-electron chi connectivity index (χ0n) is 46.4. The number of methoxy groups -OCH3 is 1. The molecule has 4 amide bonds. The van der Waals surface area contributed by atoms with Crippen LogP contribution in [0.1, 0.15) is 75.3 Å². The predicted molar refractivity (Wildman–Crippen MR) is 283 cm³/mol. The molecule has 2 aromatic carbocycles. The Bertz CT molecular complexity index is 2980. The minimum absolute atomic E-state index is 0.0302. The number of amides is 4. The van der Waals surface area contributed by atoms with Gasteiger partial charge in [0.1, 0.15) is 28.9 Å². The number of carbonyl (C=O) groups is 4. The van der Waals surface area contributed by atoms with Crippen molar-refractivity contribution < 1.29 is 78.4 Å². The first-order valence-corrected chi connectivity index (χ1v) is 26.9. The fourth-order valence-electron chi connectivity index (χ4n) is 10.4. The van der Waals surface area contributed by atoms with Crippen molar-refractivity contribution in [2.45, 2.75) is 121 Å². The van der Waals surface area contributed by atoms with Crippen molar-refractivity contribution in [3.63, 3.8) is 0 Å². The SMILES string of the molecule is CNC(=O)O[C@H](C(=O)NN(Cc1c(F)cc(-c2ccn([C@@H]3CCOC3)n2)cc1F)C[C@H](O)[C@H](Cc1ccc(C#Cc2ccc(N3C[C@@H]4CC[C@@H](C3)N4C3COC3)nc2)cc1)NC(=O)[C@@H](NC(=O)OC)C(C)(C)C(F)(F)F)C(C)(C)C(F)(F)F. The molecule has 2 bridgehead atoms. The number of carbonyl (C=O) groups excluding carboxylic acids is 4. The molecule has 450 valence electrons. The van der Waals surface area contributed by atoms with Gasteiger partial charge in [-0.3, -0.25) is 24.6 Å². The van der Waals surface area contributed by atoms with Crippen LogP contribution in [0.2, 0.25) is 0 Å². The monoisotopic (exact) mass is 1170 g/mol. The van der Waals surface area contributed by atoms with E-state index in [1.165, 1.54) is 18.2 Å². The van der Waals surface area contributed by atoms with Crippen LogP contribution in [0.5, 0.6) is 0 Å². The van der Waals surface area contributed by atoms with Gasteiger partial charge in [-0.2, -0.15) is 31.4 Å². The van der Waals surface area contributed by atoms with Crippen molar-refractivity contribution in [2.24, 2.45) is 10.8 Å². The largest absolute Gasteiger partial charge is 0.453 e. The van der Waals surface area contributed by atoms with Gasteiger partial charge in [-0.1, -0.05) is 24.0 Å². The average Bonchev–Trinajstić information content (AvgIpc) is 3.52. The number of nitrogens with one attached hydrogen (secondary N) is 4. The highest BCUT2D eigenvalue weighted by molar-refractivity contribution is 5.87. The van der Waals surface area contributed by atoms with Gasteiger partial charge in [-0.15, -0.1) is 0 Å². The lowest BCUT2D eigenvalue weighted by atomic mass is 9.82. The third kappa shape index (κ3) is 14.3. The number of hydrogen-bond acceptors (Lipinski definition) is 14. The molecular formula is C56H66F8N10O9. The van der Waals surface area contributed by atoms with Gasteiger partial charge in [0, 0.05) is 86.6 Å². The molecule has 5 N–H and O–H groups in total. The van der Waals surface area contributed by atoms with Crippen LogP contribution in [0.3, 0.4) is 0 Å². The standard InChI is InChI=1S/C56H66F8N10O9/c1-53(2,55(59,60)61)47(68-52(79)80-6)49(76)67-44(21-33-10-7-32(8-11-33)9-12-34-13-16-46(66-24-34)71-25-36-14-15-37(26-71)74(36)39-30-82-31-39)45(75)28-72(70-50(77)48(83-51(78)65-5)54(3,4)56(62,63)64)27-40-41(57)22-35(23-42(40)58)43-17-19-73(69-43)38-18-20-81-29-38/h7-8,10-11,13,16-17,19,22-24,36-39,44-45,47-48,75H,14-15,18,20-21,25-31H2,1-6H3,(H,65,78)(H,67,76)(H,68,79)(H,70,77)/t36-,37-,38+,44-,45-,47+,48+/m0/s1. The maximum absolute atomic E-state index is 16.3. The number of nitrogens with zero attached hydrogens (tertiary/aromatic N) is 6. The number of aliphatic hydroxyl groups excluding tert-OH is 1. The van der Waals surface area contributed by atoms with E-state index in [1.54, 1.807) is 29.2 Å². The molecule has 19 nitrogen and oxygen atoms in total. The van der Waals surface area contributed by atoms with E-state index in [4.69, 9.17) is 19.2 Å². The molecule has 0 saturated carbocycles. The third-order valence-corrected chi connectivity index (χ3v) is 15.8. The predicted octanol–water partition coefficient (Wildman–Crippen LogP) is 6.18. The quantitative estimate of drug-likeness (QED) is 0.0403. The molecule has 27 heteroatoms. The maximum Gasteiger partial charge on any atom is 0.407 e. The first kappa shape index (κ1) is 61.9. The Labute approximate surface area is 473 Å². The molecular weight excluding hydrogens is 1110 g/mol. The van der Waals surface area contributed by atoms with E-state index in [1.807, 2.05) is 22.8 Å². The third-order valence-electron chi connectivity index (χ3n) is 15.8. The van der Waals surface area contributed by atoms with Crippen molar-refractivity contribution in [3.05, 3.63) is 101 Å². The van der Waals surface area contributed by atoms with Crippen LogP contribution >= 0.6 is 0 Å². The Balaban J connectivity index is 1.08. The minimum atomic E-state index is -5.22. The number of fused-ring (bicyclic) bond motifs is 2. The second-order valence-corrected chi connectivity index (χ2v) is 22.2. The van der Waals surface area contributed by atoms with Crippen LogP contribution < -0.4 is 26.3 Å². The normalized spacial score (nSPS) is 20.1. The summed E-state index contributed by atoms with van der Waals surface area (Å²) in [7, 11) is 1.86. The van der Waals surface area contributed by atoms with Crippen molar-refractivity contribution in [2.75, 3.05) is 65.1 Å². The maximum atomic E-state index is 16.3. The number of hydrazine groups is 1. The zero-order valence-corrected chi connectivity index (χ0v) is 46.4. The summed E-state index contributed by atoms with van der Waals surface area (Å²) >= 11 is 0. The fourth-order valence-corrected chi connectivity index (χ4v) is 10.4. The van der Waals surface area contributed by atoms with Crippen LogP contribution in [-0.4, -0.2) is 169 Å². The Morgan fingerprint density at radius 3 is 1.98 bits per heavy atom. The van der Waals surface area contributed by atoms with Crippen LogP contribution in [-0.2, 0) is 41.5 Å². The first-order chi connectivity index (χ1) is 39.2. The highest BCUT2D eigenvalue weighted by atomic mass is 19.4. The highest BCUT2D eigenvalue weighted by Crippen LogP contribution is 2.43. The number of hydrogen-bond donors (Lipinski definition) is 5. The number of aromatic nitrogens is 3. The minimum Gasteiger partial charge on any atom is -0.453 e. The van der Waals surface area contributed by atoms with E-state index >= 15 is 8.78 Å². The lowest BCUT2D eigenvalue weighted by Crippen LogP contribution is -2.62. The molecule has 4 aliphatic rings. The number of alkyl halides is 6.